The maximum atomic E-state index is 12.0. The zero-order chi connectivity index (χ0) is 15.1. The van der Waals surface area contributed by atoms with Gasteiger partial charge in [-0.15, -0.1) is 0 Å². The normalized spacial score (nSPS) is 12.1. The van der Waals surface area contributed by atoms with Crippen LogP contribution in [-0.4, -0.2) is 38.0 Å². The monoisotopic (exact) mass is 274 g/mol. The predicted molar refractivity (Wildman–Crippen MR) is 85.6 cm³/mol. The van der Waals surface area contributed by atoms with E-state index in [9.17, 15) is 4.79 Å². The SMILES string of the molecule is Cc1ccc(/C(=C/C(=O)NCCN(C)C)C(C)C)cc1. The summed E-state index contributed by atoms with van der Waals surface area (Å²) in [5.74, 6) is 0.299. The highest BCUT2D eigenvalue weighted by molar-refractivity contribution is 5.95. The van der Waals surface area contributed by atoms with Gasteiger partial charge in [-0.2, -0.15) is 0 Å². The van der Waals surface area contributed by atoms with E-state index in [1.54, 1.807) is 6.08 Å². The van der Waals surface area contributed by atoms with Crippen LogP contribution in [0.4, 0.5) is 0 Å². The first-order valence-corrected chi connectivity index (χ1v) is 7.11. The van der Waals surface area contributed by atoms with Crippen molar-refractivity contribution in [3.8, 4) is 0 Å². The van der Waals surface area contributed by atoms with Crippen LogP contribution in [0.15, 0.2) is 30.3 Å². The maximum Gasteiger partial charge on any atom is 0.244 e. The number of nitrogens with zero attached hydrogens (tertiary/aromatic N) is 1. The number of carbonyl (C=O) groups is 1. The Kier molecular flexibility index (Phi) is 6.46. The second-order valence-corrected chi connectivity index (χ2v) is 5.71. The van der Waals surface area contributed by atoms with Crippen molar-refractivity contribution >= 4 is 11.5 Å². The molecule has 0 unspecified atom stereocenters. The van der Waals surface area contributed by atoms with Crippen molar-refractivity contribution in [3.63, 3.8) is 0 Å². The summed E-state index contributed by atoms with van der Waals surface area (Å²) in [7, 11) is 3.99. The molecule has 20 heavy (non-hydrogen) atoms. The Morgan fingerprint density at radius 3 is 2.35 bits per heavy atom. The molecule has 0 saturated heterocycles. The lowest BCUT2D eigenvalue weighted by atomic mass is 9.94. The molecule has 0 aliphatic carbocycles. The molecule has 1 aromatic rings. The first kappa shape index (κ1) is 16.4. The first-order valence-electron chi connectivity index (χ1n) is 7.11. The van der Waals surface area contributed by atoms with Gasteiger partial charge in [-0.05, 0) is 38.1 Å². The molecule has 0 heterocycles. The minimum atomic E-state index is -0.0175. The molecule has 0 aliphatic heterocycles. The van der Waals surface area contributed by atoms with Gasteiger partial charge >= 0.3 is 0 Å². The van der Waals surface area contributed by atoms with Crippen molar-refractivity contribution in [3.05, 3.63) is 41.5 Å². The van der Waals surface area contributed by atoms with Crippen LogP contribution in [0.1, 0.15) is 25.0 Å². The molecular weight excluding hydrogens is 248 g/mol. The van der Waals surface area contributed by atoms with Gasteiger partial charge in [0, 0.05) is 19.2 Å². The Morgan fingerprint density at radius 1 is 1.25 bits per heavy atom. The molecular formula is C17H26N2O. The van der Waals surface area contributed by atoms with E-state index in [1.807, 2.05) is 19.0 Å². The molecule has 0 spiro atoms. The lowest BCUT2D eigenvalue weighted by Crippen LogP contribution is -2.30. The molecule has 1 rings (SSSR count). The summed E-state index contributed by atoms with van der Waals surface area (Å²) >= 11 is 0. The molecule has 0 bridgehead atoms. The summed E-state index contributed by atoms with van der Waals surface area (Å²) in [6.45, 7) is 7.80. The Bertz CT molecular complexity index is 458. The average Bonchev–Trinajstić information content (AvgIpc) is 2.36. The van der Waals surface area contributed by atoms with Gasteiger partial charge in [0.25, 0.3) is 0 Å². The predicted octanol–water partition coefficient (Wildman–Crippen LogP) is 2.71. The van der Waals surface area contributed by atoms with E-state index in [4.69, 9.17) is 0 Å². The molecule has 110 valence electrons. The van der Waals surface area contributed by atoms with E-state index >= 15 is 0 Å². The minimum absolute atomic E-state index is 0.0175. The van der Waals surface area contributed by atoms with Crippen LogP contribution in [-0.2, 0) is 4.79 Å². The Morgan fingerprint density at radius 2 is 1.85 bits per heavy atom. The standard InChI is InChI=1S/C17H26N2O/c1-13(2)16(15-8-6-14(3)7-9-15)12-17(20)18-10-11-19(4)5/h6-9,12-13H,10-11H2,1-5H3,(H,18,20)/b16-12+. The highest BCUT2D eigenvalue weighted by Gasteiger charge is 2.09. The molecule has 1 amide bonds. The van der Waals surface area contributed by atoms with Gasteiger partial charge in [0.2, 0.25) is 5.91 Å². The summed E-state index contributed by atoms with van der Waals surface area (Å²) in [5.41, 5.74) is 3.42. The van der Waals surface area contributed by atoms with Crippen LogP contribution in [0.5, 0.6) is 0 Å². The zero-order valence-electron chi connectivity index (χ0n) is 13.2. The smallest absolute Gasteiger partial charge is 0.244 e. The number of nitrogens with one attached hydrogen (secondary N) is 1. The van der Waals surface area contributed by atoms with Crippen molar-refractivity contribution in [1.82, 2.24) is 10.2 Å². The number of amides is 1. The van der Waals surface area contributed by atoms with Gasteiger partial charge in [0.05, 0.1) is 0 Å². The maximum absolute atomic E-state index is 12.0. The fraction of sp³-hybridized carbons (Fsp3) is 0.471. The molecule has 3 nitrogen and oxygen atoms in total. The van der Waals surface area contributed by atoms with E-state index in [-0.39, 0.29) is 5.91 Å². The topological polar surface area (TPSA) is 32.3 Å². The molecule has 0 saturated carbocycles. The summed E-state index contributed by atoms with van der Waals surface area (Å²) in [6, 6.07) is 8.31. The summed E-state index contributed by atoms with van der Waals surface area (Å²) in [5, 5.41) is 2.92. The number of hydrogen-bond acceptors (Lipinski definition) is 2. The van der Waals surface area contributed by atoms with Crippen LogP contribution in [0, 0.1) is 12.8 Å². The van der Waals surface area contributed by atoms with E-state index in [1.165, 1.54) is 5.56 Å². The van der Waals surface area contributed by atoms with Crippen molar-refractivity contribution in [1.29, 1.82) is 0 Å². The lowest BCUT2D eigenvalue weighted by molar-refractivity contribution is -0.116. The van der Waals surface area contributed by atoms with Crippen LogP contribution in [0.3, 0.4) is 0 Å². The number of carbonyl (C=O) groups excluding carboxylic acids is 1. The van der Waals surface area contributed by atoms with E-state index in [2.05, 4.69) is 50.4 Å². The van der Waals surface area contributed by atoms with Gasteiger partial charge in [0.1, 0.15) is 0 Å². The average molecular weight is 274 g/mol. The zero-order valence-corrected chi connectivity index (χ0v) is 13.2. The quantitative estimate of drug-likeness (QED) is 0.809. The van der Waals surface area contributed by atoms with Crippen molar-refractivity contribution in [2.75, 3.05) is 27.2 Å². The highest BCUT2D eigenvalue weighted by Crippen LogP contribution is 2.23. The number of rotatable bonds is 6. The van der Waals surface area contributed by atoms with Crippen LogP contribution < -0.4 is 5.32 Å². The Hall–Kier alpha value is -1.61. The second kappa shape index (κ2) is 7.85. The second-order valence-electron chi connectivity index (χ2n) is 5.71. The van der Waals surface area contributed by atoms with E-state index in [0.29, 0.717) is 12.5 Å². The Balaban J connectivity index is 2.77. The number of aryl methyl sites for hydroxylation is 1. The van der Waals surface area contributed by atoms with Crippen LogP contribution in [0.25, 0.3) is 5.57 Å². The van der Waals surface area contributed by atoms with Crippen LogP contribution >= 0.6 is 0 Å². The number of benzene rings is 1. The fourth-order valence-corrected chi connectivity index (χ4v) is 1.92. The third-order valence-electron chi connectivity index (χ3n) is 3.15. The van der Waals surface area contributed by atoms with Crippen molar-refractivity contribution < 1.29 is 4.79 Å². The molecule has 0 fully saturated rings. The van der Waals surface area contributed by atoms with Gasteiger partial charge in [-0.1, -0.05) is 43.7 Å². The molecule has 3 heteroatoms. The number of allylic oxidation sites excluding steroid dienone is 1. The highest BCUT2D eigenvalue weighted by atomic mass is 16.1. The summed E-state index contributed by atoms with van der Waals surface area (Å²) < 4.78 is 0. The molecule has 1 aromatic carbocycles. The van der Waals surface area contributed by atoms with Crippen LogP contribution in [0.2, 0.25) is 0 Å². The molecule has 0 aromatic heterocycles. The third kappa shape index (κ3) is 5.57. The van der Waals surface area contributed by atoms with E-state index in [0.717, 1.165) is 17.7 Å². The molecule has 0 atom stereocenters. The number of likely N-dealkylation sites (N-methyl/N-ethyl adjacent to an activating group) is 1. The van der Waals surface area contributed by atoms with Crippen molar-refractivity contribution in [2.24, 2.45) is 5.92 Å². The summed E-state index contributed by atoms with van der Waals surface area (Å²) in [4.78, 5) is 14.0. The molecule has 1 N–H and O–H groups in total. The first-order chi connectivity index (χ1) is 9.40. The Labute approximate surface area is 122 Å². The van der Waals surface area contributed by atoms with Gasteiger partial charge in [-0.25, -0.2) is 0 Å². The fourth-order valence-electron chi connectivity index (χ4n) is 1.92. The van der Waals surface area contributed by atoms with Gasteiger partial charge in [-0.3, -0.25) is 4.79 Å². The largest absolute Gasteiger partial charge is 0.351 e. The summed E-state index contributed by atoms with van der Waals surface area (Å²) in [6.07, 6.45) is 1.73. The third-order valence-corrected chi connectivity index (χ3v) is 3.15. The number of hydrogen-bond donors (Lipinski definition) is 1. The van der Waals surface area contributed by atoms with E-state index < -0.39 is 0 Å². The lowest BCUT2D eigenvalue weighted by Gasteiger charge is -2.13. The van der Waals surface area contributed by atoms with Crippen molar-refractivity contribution in [2.45, 2.75) is 20.8 Å². The van der Waals surface area contributed by atoms with Gasteiger partial charge in [0.15, 0.2) is 0 Å². The molecule has 0 aliphatic rings. The minimum Gasteiger partial charge on any atom is -0.351 e. The molecule has 0 radical (unpaired) electrons. The van der Waals surface area contributed by atoms with Gasteiger partial charge < -0.3 is 10.2 Å².